The molecule has 25 heavy (non-hydrogen) atoms. The molecule has 0 aromatic carbocycles. The van der Waals surface area contributed by atoms with Crippen LogP contribution in [-0.4, -0.2) is 33.4 Å². The van der Waals surface area contributed by atoms with E-state index in [0.717, 1.165) is 38.0 Å². The Morgan fingerprint density at radius 1 is 1.36 bits per heavy atom. The largest absolute Gasteiger partial charge is 0.356 e. The van der Waals surface area contributed by atoms with Crippen LogP contribution in [0.25, 0.3) is 0 Å². The second kappa shape index (κ2) is 7.89. The molecule has 0 fully saturated rings. The van der Waals surface area contributed by atoms with Gasteiger partial charge in [-0.1, -0.05) is 44.3 Å². The van der Waals surface area contributed by atoms with Gasteiger partial charge in [0.25, 0.3) is 0 Å². The van der Waals surface area contributed by atoms with E-state index in [1.807, 2.05) is 6.92 Å². The average Bonchev–Trinajstić information content (AvgIpc) is 2.86. The van der Waals surface area contributed by atoms with Crippen LogP contribution in [0.5, 0.6) is 0 Å². The van der Waals surface area contributed by atoms with Crippen molar-refractivity contribution in [2.24, 2.45) is 11.3 Å². The summed E-state index contributed by atoms with van der Waals surface area (Å²) in [6, 6.07) is 1.11. The summed E-state index contributed by atoms with van der Waals surface area (Å²) in [6.07, 6.45) is 9.88. The van der Waals surface area contributed by atoms with Gasteiger partial charge < -0.3 is 9.47 Å². The SMILES string of the molecule is CC1=CC[C@]2(CC1)C(C(C)(C=O)OCOCC[Si](C)(C)C)=CC[C@H]2C. The Hall–Kier alpha value is -0.713. The van der Waals surface area contributed by atoms with Crippen molar-refractivity contribution >= 4 is 14.4 Å². The van der Waals surface area contributed by atoms with E-state index in [1.54, 1.807) is 0 Å². The third-order valence-electron chi connectivity index (χ3n) is 6.13. The van der Waals surface area contributed by atoms with Gasteiger partial charge in [0, 0.05) is 20.1 Å². The molecule has 0 heterocycles. The first kappa shape index (κ1) is 20.6. The third-order valence-corrected chi connectivity index (χ3v) is 7.84. The van der Waals surface area contributed by atoms with Crippen LogP contribution in [0.4, 0.5) is 0 Å². The van der Waals surface area contributed by atoms with Gasteiger partial charge in [-0.3, -0.25) is 4.79 Å². The van der Waals surface area contributed by atoms with E-state index in [0.29, 0.717) is 12.5 Å². The fourth-order valence-electron chi connectivity index (χ4n) is 4.14. The molecule has 0 aromatic heterocycles. The first-order chi connectivity index (χ1) is 11.6. The molecular weight excluding hydrogens is 328 g/mol. The molecule has 3 nitrogen and oxygen atoms in total. The Bertz CT molecular complexity index is 546. The number of allylic oxidation sites excluding steroid dienone is 3. The van der Waals surface area contributed by atoms with Crippen molar-refractivity contribution in [3.8, 4) is 0 Å². The van der Waals surface area contributed by atoms with Gasteiger partial charge in [-0.05, 0) is 57.1 Å². The lowest BCUT2D eigenvalue weighted by Gasteiger charge is -2.44. The predicted octanol–water partition coefficient (Wildman–Crippen LogP) is 5.36. The summed E-state index contributed by atoms with van der Waals surface area (Å²) in [5.74, 6) is 0.558. The van der Waals surface area contributed by atoms with E-state index in [-0.39, 0.29) is 12.2 Å². The Labute approximate surface area is 154 Å². The number of hydrogen-bond acceptors (Lipinski definition) is 3. The van der Waals surface area contributed by atoms with Crippen molar-refractivity contribution in [3.05, 3.63) is 23.3 Å². The lowest BCUT2D eigenvalue weighted by atomic mass is 9.62. The molecule has 0 aliphatic heterocycles. The average molecular weight is 365 g/mol. The highest BCUT2D eigenvalue weighted by molar-refractivity contribution is 6.76. The summed E-state index contributed by atoms with van der Waals surface area (Å²) >= 11 is 0. The normalized spacial score (nSPS) is 29.3. The Morgan fingerprint density at radius 2 is 2.08 bits per heavy atom. The van der Waals surface area contributed by atoms with Crippen molar-refractivity contribution < 1.29 is 14.3 Å². The maximum atomic E-state index is 12.0. The van der Waals surface area contributed by atoms with E-state index in [1.165, 1.54) is 11.1 Å². The topological polar surface area (TPSA) is 35.5 Å². The van der Waals surface area contributed by atoms with Crippen LogP contribution >= 0.6 is 0 Å². The van der Waals surface area contributed by atoms with Gasteiger partial charge in [0.2, 0.25) is 0 Å². The number of carbonyl (C=O) groups is 1. The molecule has 2 rings (SSSR count). The molecule has 0 bridgehead atoms. The molecule has 4 heteroatoms. The lowest BCUT2D eigenvalue weighted by Crippen LogP contribution is -2.43. The van der Waals surface area contributed by atoms with Gasteiger partial charge in [0.15, 0.2) is 6.29 Å². The second-order valence-corrected chi connectivity index (χ2v) is 15.0. The number of hydrogen-bond donors (Lipinski definition) is 0. The zero-order valence-electron chi connectivity index (χ0n) is 17.0. The summed E-state index contributed by atoms with van der Waals surface area (Å²) in [6.45, 7) is 14.3. The maximum absolute atomic E-state index is 12.0. The van der Waals surface area contributed by atoms with E-state index >= 15 is 0 Å². The zero-order chi connectivity index (χ0) is 18.7. The Balaban J connectivity index is 2.03. The molecule has 0 N–H and O–H groups in total. The molecule has 0 saturated carbocycles. The van der Waals surface area contributed by atoms with Crippen molar-refractivity contribution in [3.63, 3.8) is 0 Å². The Kier molecular flexibility index (Phi) is 6.50. The Morgan fingerprint density at radius 3 is 2.64 bits per heavy atom. The van der Waals surface area contributed by atoms with Crippen LogP contribution in [0.15, 0.2) is 23.3 Å². The number of carbonyl (C=O) groups excluding carboxylic acids is 1. The van der Waals surface area contributed by atoms with Gasteiger partial charge in [-0.25, -0.2) is 0 Å². The van der Waals surface area contributed by atoms with E-state index in [9.17, 15) is 4.79 Å². The summed E-state index contributed by atoms with van der Waals surface area (Å²) < 4.78 is 11.7. The maximum Gasteiger partial charge on any atom is 0.155 e. The van der Waals surface area contributed by atoms with E-state index < -0.39 is 13.7 Å². The van der Waals surface area contributed by atoms with Gasteiger partial charge >= 0.3 is 0 Å². The number of rotatable bonds is 8. The highest BCUT2D eigenvalue weighted by Gasteiger charge is 2.50. The van der Waals surface area contributed by atoms with Crippen LogP contribution in [0.2, 0.25) is 25.7 Å². The van der Waals surface area contributed by atoms with Crippen LogP contribution in [-0.2, 0) is 14.3 Å². The molecule has 0 radical (unpaired) electrons. The molecule has 2 aliphatic rings. The molecule has 2 aliphatic carbocycles. The monoisotopic (exact) mass is 364 g/mol. The van der Waals surface area contributed by atoms with Gasteiger partial charge in [0.1, 0.15) is 12.4 Å². The smallest absolute Gasteiger partial charge is 0.155 e. The minimum Gasteiger partial charge on any atom is -0.356 e. The fourth-order valence-corrected chi connectivity index (χ4v) is 4.89. The second-order valence-electron chi connectivity index (χ2n) is 9.37. The van der Waals surface area contributed by atoms with Gasteiger partial charge in [-0.2, -0.15) is 0 Å². The fraction of sp³-hybridized carbons (Fsp3) is 0.762. The van der Waals surface area contributed by atoms with E-state index in [2.05, 4.69) is 45.6 Å². The minimum absolute atomic E-state index is 0.0769. The van der Waals surface area contributed by atoms with Crippen molar-refractivity contribution in [2.75, 3.05) is 13.4 Å². The predicted molar refractivity (Wildman–Crippen MR) is 106 cm³/mol. The van der Waals surface area contributed by atoms with Gasteiger partial charge in [0.05, 0.1) is 0 Å². The molecule has 0 saturated heterocycles. The van der Waals surface area contributed by atoms with Crippen molar-refractivity contribution in [1.82, 2.24) is 0 Å². The molecule has 3 atom stereocenters. The van der Waals surface area contributed by atoms with Crippen LogP contribution in [0.1, 0.15) is 46.5 Å². The van der Waals surface area contributed by atoms with Crippen LogP contribution < -0.4 is 0 Å². The summed E-state index contributed by atoms with van der Waals surface area (Å²) in [5, 5.41) is 0. The molecule has 0 amide bonds. The summed E-state index contributed by atoms with van der Waals surface area (Å²) in [7, 11) is -1.10. The molecule has 1 unspecified atom stereocenters. The molecule has 142 valence electrons. The molecular formula is C21H36O3Si. The van der Waals surface area contributed by atoms with E-state index in [4.69, 9.17) is 9.47 Å². The molecule has 1 spiro atoms. The standard InChI is InChI=1S/C21H36O3Si/c1-17-9-11-21(12-10-17)18(2)7-8-19(21)20(3,15-22)24-16-23-13-14-25(4,5)6/h8-9,15,18H,7,10-14,16H2,1-6H3/t18-,20?,21-/m1/s1. The lowest BCUT2D eigenvalue weighted by molar-refractivity contribution is -0.146. The minimum atomic E-state index is -1.10. The first-order valence-corrected chi connectivity index (χ1v) is 13.4. The molecule has 0 aromatic rings. The highest BCUT2D eigenvalue weighted by Crippen LogP contribution is 2.56. The first-order valence-electron chi connectivity index (χ1n) is 9.68. The quantitative estimate of drug-likeness (QED) is 0.191. The summed E-state index contributed by atoms with van der Waals surface area (Å²) in [4.78, 5) is 12.0. The third kappa shape index (κ3) is 4.72. The highest BCUT2D eigenvalue weighted by atomic mass is 28.3. The van der Waals surface area contributed by atoms with Crippen molar-refractivity contribution in [1.29, 1.82) is 0 Å². The van der Waals surface area contributed by atoms with Crippen LogP contribution in [0, 0.1) is 11.3 Å². The van der Waals surface area contributed by atoms with Gasteiger partial charge in [-0.15, -0.1) is 0 Å². The number of ether oxygens (including phenoxy) is 2. The van der Waals surface area contributed by atoms with Crippen molar-refractivity contribution in [2.45, 2.75) is 77.7 Å². The zero-order valence-corrected chi connectivity index (χ0v) is 18.0. The van der Waals surface area contributed by atoms with Crippen LogP contribution in [0.3, 0.4) is 0 Å². The summed E-state index contributed by atoms with van der Waals surface area (Å²) in [5.41, 5.74) is 1.85. The number of aldehydes is 1.